The monoisotopic (exact) mass is 563 g/mol. The summed E-state index contributed by atoms with van der Waals surface area (Å²) in [5.41, 5.74) is 8.25. The number of nitrogens with two attached hydrogens (primary N) is 1. The van der Waals surface area contributed by atoms with E-state index in [1.807, 2.05) is 18.2 Å². The number of pyridine rings is 1. The summed E-state index contributed by atoms with van der Waals surface area (Å²) in [6.07, 6.45) is 3.04. The molecule has 1 aliphatic rings. The van der Waals surface area contributed by atoms with Crippen LogP contribution < -0.4 is 31.6 Å². The van der Waals surface area contributed by atoms with Crippen LogP contribution in [0.1, 0.15) is 12.5 Å². The van der Waals surface area contributed by atoms with Crippen LogP contribution in [0.2, 0.25) is 10.0 Å². The van der Waals surface area contributed by atoms with Crippen molar-refractivity contribution in [1.29, 1.82) is 0 Å². The lowest BCUT2D eigenvalue weighted by atomic mass is 10.1. The topological polar surface area (TPSA) is 110 Å². The van der Waals surface area contributed by atoms with Crippen molar-refractivity contribution >= 4 is 51.4 Å². The van der Waals surface area contributed by atoms with E-state index in [1.165, 1.54) is 10.8 Å². The Morgan fingerprint density at radius 2 is 2.05 bits per heavy atom. The summed E-state index contributed by atoms with van der Waals surface area (Å²) in [4.78, 5) is 24.8. The van der Waals surface area contributed by atoms with E-state index in [9.17, 15) is 4.79 Å². The lowest BCUT2D eigenvalue weighted by Crippen LogP contribution is -2.49. The van der Waals surface area contributed by atoms with Crippen LogP contribution in [-0.2, 0) is 0 Å². The molecular formula is C28H27Cl2N7O2. The molecule has 0 bridgehead atoms. The van der Waals surface area contributed by atoms with Crippen molar-refractivity contribution in [2.45, 2.75) is 13.0 Å². The van der Waals surface area contributed by atoms with Crippen molar-refractivity contribution in [2.24, 2.45) is 5.73 Å². The predicted octanol–water partition coefficient (Wildman–Crippen LogP) is 3.95. The van der Waals surface area contributed by atoms with Crippen LogP contribution in [0, 0.1) is 11.8 Å². The first-order valence-electron chi connectivity index (χ1n) is 12.4. The largest absolute Gasteiger partial charge is 0.495 e. The van der Waals surface area contributed by atoms with E-state index in [-0.39, 0.29) is 17.5 Å². The van der Waals surface area contributed by atoms with Crippen LogP contribution in [0.3, 0.4) is 0 Å². The molecule has 2 aromatic heterocycles. The van der Waals surface area contributed by atoms with Gasteiger partial charge in [-0.05, 0) is 31.2 Å². The van der Waals surface area contributed by atoms with E-state index in [2.05, 4.69) is 44.3 Å². The van der Waals surface area contributed by atoms with Gasteiger partial charge in [0.2, 0.25) is 5.95 Å². The van der Waals surface area contributed by atoms with Crippen LogP contribution in [0.5, 0.6) is 5.75 Å². The molecule has 0 amide bonds. The van der Waals surface area contributed by atoms with Gasteiger partial charge in [-0.3, -0.25) is 9.36 Å². The third-order valence-electron chi connectivity index (χ3n) is 6.40. The second-order valence-electron chi connectivity index (χ2n) is 9.06. The number of para-hydroxylation sites is 1. The zero-order valence-corrected chi connectivity index (χ0v) is 23.0. The number of aromatic nitrogens is 3. The van der Waals surface area contributed by atoms with Gasteiger partial charge in [-0.2, -0.15) is 0 Å². The van der Waals surface area contributed by atoms with Gasteiger partial charge in [-0.25, -0.2) is 9.97 Å². The first-order chi connectivity index (χ1) is 18.9. The minimum Gasteiger partial charge on any atom is -0.495 e. The number of methoxy groups -OCH3 is 1. The van der Waals surface area contributed by atoms with Crippen molar-refractivity contribution in [2.75, 3.05) is 43.5 Å². The molecule has 5 rings (SSSR count). The number of rotatable bonds is 5. The fraction of sp³-hybridized carbons (Fsp3) is 0.250. The standard InChI is InChI=1S/C28H27Cl2N7O2/c1-17-15-36(12-11-32-17)23-9-8-19(13-24(23)39-2)34-28-33-14-20-25(35-28)18(5-4-10-31)16-37(27(20)38)26-21(29)6-3-7-22(26)30/h3,6-9,13-14,16-17,32H,10-12,15,31H2,1-2H3,(H,33,34,35)/t17-/m1/s1. The van der Waals surface area contributed by atoms with E-state index < -0.39 is 0 Å². The molecular weight excluding hydrogens is 537 g/mol. The van der Waals surface area contributed by atoms with Crippen molar-refractivity contribution in [3.8, 4) is 23.3 Å². The lowest BCUT2D eigenvalue weighted by Gasteiger charge is -2.34. The zero-order chi connectivity index (χ0) is 27.5. The van der Waals surface area contributed by atoms with Gasteiger partial charge in [0.15, 0.2) is 0 Å². The Bertz CT molecular complexity index is 1640. The third kappa shape index (κ3) is 5.51. The average molecular weight is 564 g/mol. The van der Waals surface area contributed by atoms with Gasteiger partial charge in [0.05, 0.1) is 51.5 Å². The molecule has 1 aliphatic heterocycles. The Morgan fingerprint density at radius 1 is 1.26 bits per heavy atom. The number of hydrogen-bond acceptors (Lipinski definition) is 8. The highest BCUT2D eigenvalue weighted by Crippen LogP contribution is 2.33. The second-order valence-corrected chi connectivity index (χ2v) is 9.88. The number of nitrogens with one attached hydrogen (secondary N) is 2. The maximum absolute atomic E-state index is 13.5. The molecule has 0 saturated carbocycles. The highest BCUT2D eigenvalue weighted by Gasteiger charge is 2.20. The van der Waals surface area contributed by atoms with Gasteiger partial charge < -0.3 is 26.0 Å². The van der Waals surface area contributed by atoms with E-state index in [1.54, 1.807) is 31.5 Å². The molecule has 0 unspecified atom stereocenters. The zero-order valence-electron chi connectivity index (χ0n) is 21.5. The Morgan fingerprint density at radius 3 is 2.77 bits per heavy atom. The average Bonchev–Trinajstić information content (AvgIpc) is 2.93. The van der Waals surface area contributed by atoms with Crippen molar-refractivity contribution < 1.29 is 4.74 Å². The van der Waals surface area contributed by atoms with Crippen LogP contribution in [0.4, 0.5) is 17.3 Å². The molecule has 200 valence electrons. The number of piperazine rings is 1. The molecule has 2 aromatic carbocycles. The molecule has 4 aromatic rings. The number of nitrogens with zero attached hydrogens (tertiary/aromatic N) is 4. The lowest BCUT2D eigenvalue weighted by molar-refractivity contribution is 0.410. The molecule has 1 fully saturated rings. The molecule has 0 radical (unpaired) electrons. The van der Waals surface area contributed by atoms with Gasteiger partial charge in [0.1, 0.15) is 5.75 Å². The quantitative estimate of drug-likeness (QED) is 0.313. The van der Waals surface area contributed by atoms with Gasteiger partial charge in [-0.1, -0.05) is 41.1 Å². The van der Waals surface area contributed by atoms with E-state index in [4.69, 9.17) is 33.7 Å². The van der Waals surface area contributed by atoms with Gasteiger partial charge in [0, 0.05) is 49.8 Å². The number of benzene rings is 2. The Hall–Kier alpha value is -3.81. The first kappa shape index (κ1) is 26.8. The highest BCUT2D eigenvalue weighted by molar-refractivity contribution is 6.37. The van der Waals surface area contributed by atoms with Crippen molar-refractivity contribution in [3.63, 3.8) is 0 Å². The molecule has 0 aliphatic carbocycles. The minimum atomic E-state index is -0.374. The molecule has 9 nitrogen and oxygen atoms in total. The maximum atomic E-state index is 13.5. The number of fused-ring (bicyclic) bond motifs is 1. The predicted molar refractivity (Wildman–Crippen MR) is 157 cm³/mol. The summed E-state index contributed by atoms with van der Waals surface area (Å²) in [7, 11) is 1.65. The van der Waals surface area contributed by atoms with Crippen LogP contribution >= 0.6 is 23.2 Å². The SMILES string of the molecule is COc1cc(Nc2ncc3c(=O)n(-c4c(Cl)cccc4Cl)cc(C#CCN)c3n2)ccc1N1CCN[C@H](C)C1. The maximum Gasteiger partial charge on any atom is 0.266 e. The van der Waals surface area contributed by atoms with Gasteiger partial charge in [0.25, 0.3) is 5.56 Å². The van der Waals surface area contributed by atoms with Gasteiger partial charge >= 0.3 is 0 Å². The summed E-state index contributed by atoms with van der Waals surface area (Å²) in [5.74, 6) is 6.89. The fourth-order valence-electron chi connectivity index (χ4n) is 4.60. The summed E-state index contributed by atoms with van der Waals surface area (Å²) in [6, 6.07) is 11.3. The van der Waals surface area contributed by atoms with E-state index in [0.717, 1.165) is 36.8 Å². The Kier molecular flexibility index (Phi) is 7.91. The second kappa shape index (κ2) is 11.5. The molecule has 11 heteroatoms. The Labute approximate surface area is 235 Å². The molecule has 39 heavy (non-hydrogen) atoms. The summed E-state index contributed by atoms with van der Waals surface area (Å²) < 4.78 is 7.06. The minimum absolute atomic E-state index is 0.141. The fourth-order valence-corrected chi connectivity index (χ4v) is 5.18. The third-order valence-corrected chi connectivity index (χ3v) is 7.01. The number of anilines is 3. The first-order valence-corrected chi connectivity index (χ1v) is 13.1. The molecule has 1 saturated heterocycles. The number of halogens is 2. The van der Waals surface area contributed by atoms with E-state index in [0.29, 0.717) is 38.8 Å². The number of ether oxygens (including phenoxy) is 1. The van der Waals surface area contributed by atoms with Crippen LogP contribution in [-0.4, -0.2) is 53.9 Å². The molecule has 4 N–H and O–H groups in total. The van der Waals surface area contributed by atoms with Crippen LogP contribution in [0.15, 0.2) is 53.6 Å². The van der Waals surface area contributed by atoms with Crippen molar-refractivity contribution in [1.82, 2.24) is 19.9 Å². The molecule has 1 atom stereocenters. The Balaban J connectivity index is 1.54. The highest BCUT2D eigenvalue weighted by atomic mass is 35.5. The van der Waals surface area contributed by atoms with Gasteiger partial charge in [-0.15, -0.1) is 0 Å². The van der Waals surface area contributed by atoms with E-state index >= 15 is 0 Å². The van der Waals surface area contributed by atoms with Crippen LogP contribution in [0.25, 0.3) is 16.6 Å². The molecule has 0 spiro atoms. The van der Waals surface area contributed by atoms with Crippen molar-refractivity contribution in [3.05, 3.63) is 74.8 Å². The smallest absolute Gasteiger partial charge is 0.266 e. The molecule has 3 heterocycles. The number of hydrogen-bond donors (Lipinski definition) is 3. The normalized spacial score (nSPS) is 15.1. The summed E-state index contributed by atoms with van der Waals surface area (Å²) >= 11 is 12.8. The summed E-state index contributed by atoms with van der Waals surface area (Å²) in [5, 5.41) is 7.59. The summed E-state index contributed by atoms with van der Waals surface area (Å²) in [6.45, 7) is 5.00.